The van der Waals surface area contributed by atoms with Gasteiger partial charge in [0, 0.05) is 0 Å². The molecule has 5 atom stereocenters. The van der Waals surface area contributed by atoms with Gasteiger partial charge in [-0.05, 0) is 35.8 Å². The van der Waals surface area contributed by atoms with E-state index in [0.29, 0.717) is 0 Å². The first-order valence-corrected chi connectivity index (χ1v) is 18.4. The molecule has 1 aromatic rings. The van der Waals surface area contributed by atoms with Crippen LogP contribution in [0.3, 0.4) is 0 Å². The maximum Gasteiger partial charge on any atom is 0.509 e. The molecule has 276 valence electrons. The van der Waals surface area contributed by atoms with Crippen molar-refractivity contribution in [3.63, 3.8) is 0 Å². The summed E-state index contributed by atoms with van der Waals surface area (Å²) >= 11 is 0. The van der Waals surface area contributed by atoms with Crippen molar-refractivity contribution in [1.82, 2.24) is 0 Å². The highest BCUT2D eigenvalue weighted by atomic mass is 28.4. The molecule has 0 saturated carbocycles. The van der Waals surface area contributed by atoms with Gasteiger partial charge in [-0.25, -0.2) is 19.2 Å². The molecule has 0 bridgehead atoms. The fraction of sp³-hybridized carbons (Fsp3) is 0.471. The molecule has 1 saturated heterocycles. The van der Waals surface area contributed by atoms with Gasteiger partial charge in [0.2, 0.25) is 12.4 Å². The third-order valence-corrected chi connectivity index (χ3v) is 11.9. The lowest BCUT2D eigenvalue weighted by Crippen LogP contribution is -2.64. The molecule has 0 radical (unpaired) electrons. The Morgan fingerprint density at radius 1 is 0.780 bits per heavy atom. The quantitative estimate of drug-likeness (QED) is 0.0673. The number of nitrogen functional groups attached to an aromatic ring is 1. The van der Waals surface area contributed by atoms with Crippen molar-refractivity contribution in [2.24, 2.45) is 0 Å². The van der Waals surface area contributed by atoms with Crippen LogP contribution in [-0.2, 0) is 53.7 Å². The van der Waals surface area contributed by atoms with E-state index in [2.05, 4.69) is 60.2 Å². The molecule has 1 aliphatic rings. The van der Waals surface area contributed by atoms with E-state index >= 15 is 0 Å². The summed E-state index contributed by atoms with van der Waals surface area (Å²) in [7, 11) is -2.09. The molecule has 1 heterocycles. The molecular formula is C34H47NO14Si. The first-order valence-electron chi connectivity index (χ1n) is 15.5. The second-order valence-corrected chi connectivity index (χ2v) is 17.0. The molecule has 0 unspecified atom stereocenters. The summed E-state index contributed by atoms with van der Waals surface area (Å²) in [5.74, 6) is -1.07. The third kappa shape index (κ3) is 12.3. The molecule has 1 aliphatic heterocycles. The Balaban J connectivity index is 2.60. The second-order valence-electron chi connectivity index (χ2n) is 12.2. The number of hydrogen-bond donors (Lipinski definition) is 1. The first kappa shape index (κ1) is 41.4. The molecule has 15 nitrogen and oxygen atoms in total. The smallest absolute Gasteiger partial charge is 0.459 e. The minimum Gasteiger partial charge on any atom is -0.459 e. The third-order valence-electron chi connectivity index (χ3n) is 7.45. The molecule has 0 aromatic heterocycles. The molecular weight excluding hydrogens is 674 g/mol. The van der Waals surface area contributed by atoms with Crippen LogP contribution in [0.1, 0.15) is 26.3 Å². The lowest BCUT2D eigenvalue weighted by atomic mass is 9.98. The van der Waals surface area contributed by atoms with Gasteiger partial charge >= 0.3 is 24.4 Å². The van der Waals surface area contributed by atoms with Crippen LogP contribution in [-0.4, -0.2) is 89.9 Å². The Bertz CT molecular complexity index is 1370. The molecule has 1 aromatic carbocycles. The summed E-state index contributed by atoms with van der Waals surface area (Å²) in [6.45, 7) is 23.7. The minimum atomic E-state index is -2.09. The lowest BCUT2D eigenvalue weighted by molar-refractivity contribution is -0.276. The van der Waals surface area contributed by atoms with E-state index in [4.69, 9.17) is 52.8 Å². The number of esters is 1. The van der Waals surface area contributed by atoms with Crippen molar-refractivity contribution in [2.45, 2.75) is 76.2 Å². The number of benzene rings is 1. The van der Waals surface area contributed by atoms with Gasteiger partial charge in [0.15, 0.2) is 26.6 Å². The Kier molecular flexibility index (Phi) is 16.1. The molecule has 16 heteroatoms. The zero-order valence-electron chi connectivity index (χ0n) is 29.1. The van der Waals surface area contributed by atoms with Gasteiger partial charge in [-0.3, -0.25) is 0 Å². The highest BCUT2D eigenvalue weighted by Gasteiger charge is 2.57. The van der Waals surface area contributed by atoms with Crippen LogP contribution in [0.25, 0.3) is 0 Å². The van der Waals surface area contributed by atoms with Gasteiger partial charge in [0.05, 0.1) is 12.3 Å². The summed E-state index contributed by atoms with van der Waals surface area (Å²) in [5.41, 5.74) is 7.23. The van der Waals surface area contributed by atoms with Gasteiger partial charge in [0.1, 0.15) is 32.2 Å². The van der Waals surface area contributed by atoms with Gasteiger partial charge in [-0.2, -0.15) is 0 Å². The van der Waals surface area contributed by atoms with Crippen LogP contribution < -0.4 is 10.5 Å². The van der Waals surface area contributed by atoms with E-state index in [9.17, 15) is 19.2 Å². The van der Waals surface area contributed by atoms with Gasteiger partial charge in [-0.15, -0.1) is 0 Å². The molecule has 0 spiro atoms. The SMILES string of the molecule is C=CCOC(=O)O[C@@H]1[C@@H](OC(=O)OCC=C)[C@H](Oc2ccc(CO[Si](C)(C)C(C)(C)C)cc2N)O[C@H](C(=O)OCC=C)[C@H]1OC(=O)OCC=C. The monoisotopic (exact) mass is 721 g/mol. The fourth-order valence-electron chi connectivity index (χ4n) is 3.92. The number of ether oxygens (including phenoxy) is 9. The van der Waals surface area contributed by atoms with Gasteiger partial charge < -0.3 is 52.8 Å². The van der Waals surface area contributed by atoms with Crippen molar-refractivity contribution < 1.29 is 66.2 Å². The zero-order valence-corrected chi connectivity index (χ0v) is 30.1. The normalized spacial score (nSPS) is 20.2. The number of rotatable bonds is 17. The maximum absolute atomic E-state index is 13.3. The summed E-state index contributed by atoms with van der Waals surface area (Å²) in [6, 6.07) is 4.84. The number of hydrogen-bond acceptors (Lipinski definition) is 15. The van der Waals surface area contributed by atoms with Crippen LogP contribution in [0.2, 0.25) is 18.1 Å². The van der Waals surface area contributed by atoms with E-state index in [-0.39, 0.29) is 49.5 Å². The Morgan fingerprint density at radius 3 is 1.74 bits per heavy atom. The van der Waals surface area contributed by atoms with Crippen molar-refractivity contribution in [3.05, 3.63) is 74.4 Å². The van der Waals surface area contributed by atoms with Gasteiger partial charge in [-0.1, -0.05) is 77.5 Å². The number of carbonyl (C=O) groups is 4. The van der Waals surface area contributed by atoms with Crippen LogP contribution in [0.4, 0.5) is 20.1 Å². The number of nitrogens with two attached hydrogens (primary N) is 1. The van der Waals surface area contributed by atoms with Crippen LogP contribution in [0.5, 0.6) is 5.75 Å². The number of carbonyl (C=O) groups excluding carboxylic acids is 4. The highest BCUT2D eigenvalue weighted by Crippen LogP contribution is 2.38. The predicted molar refractivity (Wildman–Crippen MR) is 183 cm³/mol. The molecule has 0 aliphatic carbocycles. The average Bonchev–Trinajstić information content (AvgIpc) is 3.06. The van der Waals surface area contributed by atoms with Crippen LogP contribution >= 0.6 is 0 Å². The molecule has 2 N–H and O–H groups in total. The fourth-order valence-corrected chi connectivity index (χ4v) is 4.88. The van der Waals surface area contributed by atoms with Crippen molar-refractivity contribution in [1.29, 1.82) is 0 Å². The summed E-state index contributed by atoms with van der Waals surface area (Å²) in [4.78, 5) is 51.5. The standard InChI is InChI=1S/C34H47NO14Si/c1-10-16-40-29(36)27-25(47-31(37)41-17-11-2)26(48-32(38)42-18-12-3)28(49-33(39)43-19-13-4)30(46-27)45-24-15-14-22(20-23(24)35)21-44-50(8,9)34(5,6)7/h10-15,20,25-28,30H,1-4,16-19,21,35H2,5-9H3/t25-,26-,27-,28+,30+/m0/s1. The van der Waals surface area contributed by atoms with Crippen molar-refractivity contribution in [2.75, 3.05) is 32.2 Å². The van der Waals surface area contributed by atoms with Gasteiger partial charge in [0.25, 0.3) is 0 Å². The van der Waals surface area contributed by atoms with E-state index in [1.807, 2.05) is 0 Å². The summed E-state index contributed by atoms with van der Waals surface area (Å²) in [6.07, 6.45) is -7.95. The summed E-state index contributed by atoms with van der Waals surface area (Å²) < 4.78 is 54.6. The van der Waals surface area contributed by atoms with E-state index in [0.717, 1.165) is 5.56 Å². The van der Waals surface area contributed by atoms with Crippen molar-refractivity contribution in [3.8, 4) is 5.75 Å². The highest BCUT2D eigenvalue weighted by molar-refractivity contribution is 6.74. The Labute approximate surface area is 293 Å². The van der Waals surface area contributed by atoms with Crippen LogP contribution in [0.15, 0.2) is 68.8 Å². The summed E-state index contributed by atoms with van der Waals surface area (Å²) in [5, 5.41) is -0.0220. The molecule has 0 amide bonds. The average molecular weight is 722 g/mol. The van der Waals surface area contributed by atoms with E-state index in [1.165, 1.54) is 30.4 Å². The van der Waals surface area contributed by atoms with Crippen molar-refractivity contribution >= 4 is 38.4 Å². The number of anilines is 1. The largest absolute Gasteiger partial charge is 0.509 e. The molecule has 2 rings (SSSR count). The predicted octanol–water partition coefficient (Wildman–Crippen LogP) is 5.75. The van der Waals surface area contributed by atoms with E-state index < -0.39 is 63.5 Å². The van der Waals surface area contributed by atoms with Crippen LogP contribution in [0, 0.1) is 0 Å². The topological polar surface area (TPSA) is 187 Å². The minimum absolute atomic E-state index is 0.0220. The Hall–Kier alpha value is -4.80. The lowest BCUT2D eigenvalue weighted by Gasteiger charge is -2.42. The Morgan fingerprint density at radius 2 is 1.26 bits per heavy atom. The maximum atomic E-state index is 13.3. The first-order chi connectivity index (χ1) is 23.6. The molecule has 1 fully saturated rings. The van der Waals surface area contributed by atoms with E-state index in [1.54, 1.807) is 12.1 Å². The molecule has 50 heavy (non-hydrogen) atoms. The zero-order chi connectivity index (χ0) is 37.5. The second kappa shape index (κ2) is 19.4.